The third-order valence-corrected chi connectivity index (χ3v) is 4.80. The summed E-state index contributed by atoms with van der Waals surface area (Å²) in [5.41, 5.74) is -7.48. The van der Waals surface area contributed by atoms with E-state index in [1.165, 1.54) is 0 Å². The molecule has 2 rings (SSSR count). The normalized spacial score (nSPS) is 13.1. The Balaban J connectivity index is 3.06. The van der Waals surface area contributed by atoms with Crippen molar-refractivity contribution in [2.45, 2.75) is 31.6 Å². The summed E-state index contributed by atoms with van der Waals surface area (Å²) in [7, 11) is 0. The highest BCUT2D eigenvalue weighted by molar-refractivity contribution is 6.32. The molecular weight excluding hydrogens is 421 g/mol. The van der Waals surface area contributed by atoms with Gasteiger partial charge in [-0.05, 0) is 48.2 Å². The maximum absolute atomic E-state index is 14.0. The van der Waals surface area contributed by atoms with Crippen LogP contribution in [0.1, 0.15) is 22.3 Å². The molecule has 0 heterocycles. The van der Waals surface area contributed by atoms with Gasteiger partial charge in [-0.3, -0.25) is 0 Å². The molecule has 0 aliphatic rings. The zero-order valence-corrected chi connectivity index (χ0v) is 15.2. The van der Waals surface area contributed by atoms with E-state index < -0.39 is 50.4 Å². The van der Waals surface area contributed by atoms with E-state index in [-0.39, 0.29) is 11.1 Å². The minimum atomic E-state index is -5.84. The first kappa shape index (κ1) is 21.5. The Morgan fingerprint density at radius 2 is 0.963 bits per heavy atom. The largest absolute Gasteiger partial charge is 0.506 e. The smallest absolute Gasteiger partial charge is 0.411 e. The first-order chi connectivity index (χ1) is 12.1. The fraction of sp³-hybridized carbons (Fsp3) is 0.294. The number of halogens is 8. The van der Waals surface area contributed by atoms with Crippen LogP contribution in [0.2, 0.25) is 10.0 Å². The zero-order chi connectivity index (χ0) is 20.9. The molecule has 0 amide bonds. The second-order valence-electron chi connectivity index (χ2n) is 5.99. The predicted molar refractivity (Wildman–Crippen MR) is 88.6 cm³/mol. The molecule has 0 atom stereocenters. The zero-order valence-electron chi connectivity index (χ0n) is 13.7. The molecule has 2 aromatic carbocycles. The van der Waals surface area contributed by atoms with E-state index in [9.17, 15) is 36.6 Å². The highest BCUT2D eigenvalue weighted by atomic mass is 35.5. The van der Waals surface area contributed by atoms with E-state index in [2.05, 4.69) is 0 Å². The fourth-order valence-electron chi connectivity index (χ4n) is 2.89. The van der Waals surface area contributed by atoms with Crippen LogP contribution >= 0.6 is 23.2 Å². The summed E-state index contributed by atoms with van der Waals surface area (Å²) < 4.78 is 84.2. The van der Waals surface area contributed by atoms with Crippen molar-refractivity contribution in [3.8, 4) is 11.5 Å². The van der Waals surface area contributed by atoms with Crippen molar-refractivity contribution in [1.29, 1.82) is 0 Å². The van der Waals surface area contributed by atoms with Gasteiger partial charge in [-0.1, -0.05) is 35.3 Å². The third-order valence-electron chi connectivity index (χ3n) is 4.22. The van der Waals surface area contributed by atoms with E-state index in [1.807, 2.05) is 0 Å². The van der Waals surface area contributed by atoms with Gasteiger partial charge in [-0.15, -0.1) is 0 Å². The van der Waals surface area contributed by atoms with Crippen LogP contribution in [0.4, 0.5) is 26.3 Å². The summed E-state index contributed by atoms with van der Waals surface area (Å²) in [4.78, 5) is 0. The average Bonchev–Trinajstić information content (AvgIpc) is 2.47. The molecule has 2 aromatic rings. The minimum absolute atomic E-state index is 0.267. The van der Waals surface area contributed by atoms with Gasteiger partial charge in [0.05, 0.1) is 10.0 Å². The van der Waals surface area contributed by atoms with Crippen LogP contribution in [-0.4, -0.2) is 22.6 Å². The number of benzene rings is 2. The lowest BCUT2D eigenvalue weighted by molar-refractivity contribution is -0.288. The molecule has 10 heteroatoms. The van der Waals surface area contributed by atoms with Crippen LogP contribution in [0, 0.1) is 13.8 Å². The number of rotatable bonds is 2. The Bertz CT molecular complexity index is 770. The maximum Gasteiger partial charge on any atom is 0.411 e. The van der Waals surface area contributed by atoms with Crippen molar-refractivity contribution in [2.24, 2.45) is 0 Å². The van der Waals surface area contributed by atoms with Crippen molar-refractivity contribution in [3.05, 3.63) is 56.6 Å². The lowest BCUT2D eigenvalue weighted by atomic mass is 9.72. The first-order valence-electron chi connectivity index (χ1n) is 7.27. The first-order valence-corrected chi connectivity index (χ1v) is 8.02. The Kier molecular flexibility index (Phi) is 5.31. The second kappa shape index (κ2) is 6.67. The molecule has 2 N–H and O–H groups in total. The van der Waals surface area contributed by atoms with Gasteiger partial charge in [0.1, 0.15) is 11.5 Å². The number of hydrogen-bond donors (Lipinski definition) is 2. The summed E-state index contributed by atoms with van der Waals surface area (Å²) in [5, 5.41) is 18.0. The van der Waals surface area contributed by atoms with Crippen molar-refractivity contribution in [1.82, 2.24) is 0 Å². The third kappa shape index (κ3) is 3.29. The topological polar surface area (TPSA) is 40.5 Å². The van der Waals surface area contributed by atoms with Crippen molar-refractivity contribution in [2.75, 3.05) is 0 Å². The van der Waals surface area contributed by atoms with Crippen LogP contribution in [0.3, 0.4) is 0 Å². The number of alkyl halides is 6. The highest BCUT2D eigenvalue weighted by Crippen LogP contribution is 2.57. The molecule has 2 nitrogen and oxygen atoms in total. The molecule has 0 spiro atoms. The molecule has 0 saturated carbocycles. The Morgan fingerprint density at radius 3 is 1.19 bits per heavy atom. The molecule has 0 fully saturated rings. The van der Waals surface area contributed by atoms with Gasteiger partial charge in [0.2, 0.25) is 5.41 Å². The standard InChI is InChI=1S/C17H12Cl2F6O2/c1-7-3-9(5-11(18)13(7)26)15(16(20,21)22,17(23,24)25)10-4-8(2)14(27)12(19)6-10/h3-6,26-27H,1-2H3. The molecule has 0 radical (unpaired) electrons. The monoisotopic (exact) mass is 432 g/mol. The van der Waals surface area contributed by atoms with Gasteiger partial charge in [0, 0.05) is 0 Å². The lowest BCUT2D eigenvalue weighted by Gasteiger charge is -2.39. The SMILES string of the molecule is Cc1cc(C(c2cc(C)c(O)c(Cl)c2)(C(F)(F)F)C(F)(F)F)cc(Cl)c1O. The average molecular weight is 433 g/mol. The van der Waals surface area contributed by atoms with Crippen LogP contribution < -0.4 is 0 Å². The minimum Gasteiger partial charge on any atom is -0.506 e. The molecule has 0 aliphatic heterocycles. The number of phenolic OH excluding ortho intramolecular Hbond substituents is 2. The second-order valence-corrected chi connectivity index (χ2v) is 6.81. The molecule has 27 heavy (non-hydrogen) atoms. The highest BCUT2D eigenvalue weighted by Gasteiger charge is 2.72. The maximum atomic E-state index is 14.0. The summed E-state index contributed by atoms with van der Waals surface area (Å²) in [5.74, 6) is -1.25. The lowest BCUT2D eigenvalue weighted by Crippen LogP contribution is -2.54. The summed E-state index contributed by atoms with van der Waals surface area (Å²) >= 11 is 11.3. The number of aryl methyl sites for hydroxylation is 2. The fourth-order valence-corrected chi connectivity index (χ4v) is 3.42. The van der Waals surface area contributed by atoms with Gasteiger partial charge in [0.15, 0.2) is 0 Å². The van der Waals surface area contributed by atoms with Gasteiger partial charge in [0.25, 0.3) is 0 Å². The molecule has 0 bridgehead atoms. The van der Waals surface area contributed by atoms with Crippen LogP contribution in [0.5, 0.6) is 11.5 Å². The van der Waals surface area contributed by atoms with Crippen LogP contribution in [0.15, 0.2) is 24.3 Å². The molecule has 0 aliphatic carbocycles. The Labute approximate surface area is 160 Å². The van der Waals surface area contributed by atoms with Crippen LogP contribution in [-0.2, 0) is 5.41 Å². The van der Waals surface area contributed by atoms with Crippen molar-refractivity contribution >= 4 is 23.2 Å². The predicted octanol–water partition coefficient (Wildman–Crippen LogP) is 6.43. The molecule has 0 unspecified atom stereocenters. The van der Waals surface area contributed by atoms with Gasteiger partial charge >= 0.3 is 12.4 Å². The number of phenols is 2. The Morgan fingerprint density at radius 1 is 0.667 bits per heavy atom. The quantitative estimate of drug-likeness (QED) is 0.536. The van der Waals surface area contributed by atoms with E-state index >= 15 is 0 Å². The van der Waals surface area contributed by atoms with E-state index in [0.717, 1.165) is 13.8 Å². The summed E-state index contributed by atoms with van der Waals surface area (Å²) in [6, 6.07) is 1.97. The van der Waals surface area contributed by atoms with E-state index in [1.54, 1.807) is 0 Å². The van der Waals surface area contributed by atoms with Gasteiger partial charge < -0.3 is 10.2 Å². The van der Waals surface area contributed by atoms with E-state index in [4.69, 9.17) is 23.2 Å². The number of hydrogen-bond acceptors (Lipinski definition) is 2. The molecule has 148 valence electrons. The summed E-state index contributed by atoms with van der Waals surface area (Å²) in [6.07, 6.45) is -11.7. The van der Waals surface area contributed by atoms with Gasteiger partial charge in [-0.2, -0.15) is 26.3 Å². The van der Waals surface area contributed by atoms with Crippen LogP contribution in [0.25, 0.3) is 0 Å². The molecule has 0 aromatic heterocycles. The van der Waals surface area contributed by atoms with Crippen molar-refractivity contribution < 1.29 is 36.6 Å². The Hall–Kier alpha value is -1.80. The molecule has 0 saturated heterocycles. The van der Waals surface area contributed by atoms with E-state index in [0.29, 0.717) is 24.3 Å². The number of aromatic hydroxyl groups is 2. The summed E-state index contributed by atoms with van der Waals surface area (Å²) in [6.45, 7) is 2.24. The van der Waals surface area contributed by atoms with Gasteiger partial charge in [-0.25, -0.2) is 0 Å². The molecular formula is C17H12Cl2F6O2. The van der Waals surface area contributed by atoms with Crippen molar-refractivity contribution in [3.63, 3.8) is 0 Å².